The van der Waals surface area contributed by atoms with Gasteiger partial charge in [-0.25, -0.2) is 8.42 Å². The molecule has 22 heavy (non-hydrogen) atoms. The standard InChI is InChI=1S/C15H15ClN2O3S/c1-11(19)17-13-6-8-14(9-7-13)18(2)22(20,21)15-5-3-4-12(16)10-15/h3-10H,1-2H3,(H,17,19). The van der Waals surface area contributed by atoms with Crippen LogP contribution < -0.4 is 9.62 Å². The van der Waals surface area contributed by atoms with E-state index in [1.54, 1.807) is 36.4 Å². The van der Waals surface area contributed by atoms with Crippen LogP contribution in [-0.2, 0) is 14.8 Å². The molecule has 5 nitrogen and oxygen atoms in total. The maximum absolute atomic E-state index is 12.5. The molecule has 2 rings (SSSR count). The van der Waals surface area contributed by atoms with Crippen LogP contribution in [0.2, 0.25) is 5.02 Å². The van der Waals surface area contributed by atoms with Crippen LogP contribution in [0.3, 0.4) is 0 Å². The summed E-state index contributed by atoms with van der Waals surface area (Å²) in [5, 5.41) is 2.98. The molecule has 0 radical (unpaired) electrons. The summed E-state index contributed by atoms with van der Waals surface area (Å²) in [5.41, 5.74) is 1.08. The molecular weight excluding hydrogens is 324 g/mol. The molecule has 0 saturated heterocycles. The quantitative estimate of drug-likeness (QED) is 0.931. The Hall–Kier alpha value is -2.05. The number of halogens is 1. The Labute approximate surface area is 134 Å². The number of rotatable bonds is 4. The smallest absolute Gasteiger partial charge is 0.264 e. The fourth-order valence-corrected chi connectivity index (χ4v) is 3.38. The van der Waals surface area contributed by atoms with Crippen LogP contribution in [0.15, 0.2) is 53.4 Å². The maximum atomic E-state index is 12.5. The predicted molar refractivity (Wildman–Crippen MR) is 87.8 cm³/mol. The SMILES string of the molecule is CC(=O)Nc1ccc(N(C)S(=O)(=O)c2cccc(Cl)c2)cc1. The summed E-state index contributed by atoms with van der Waals surface area (Å²) in [6.07, 6.45) is 0. The number of sulfonamides is 1. The van der Waals surface area contributed by atoms with Crippen LogP contribution in [0, 0.1) is 0 Å². The monoisotopic (exact) mass is 338 g/mol. The molecular formula is C15H15ClN2O3S. The predicted octanol–water partition coefficient (Wildman–Crippen LogP) is 3.12. The Bertz CT molecular complexity index is 789. The lowest BCUT2D eigenvalue weighted by Crippen LogP contribution is -2.26. The first-order valence-electron chi connectivity index (χ1n) is 6.43. The first-order valence-corrected chi connectivity index (χ1v) is 8.24. The van der Waals surface area contributed by atoms with Crippen LogP contribution in [-0.4, -0.2) is 21.4 Å². The third-order valence-electron chi connectivity index (χ3n) is 3.01. The molecule has 0 saturated carbocycles. The Kier molecular flexibility index (Phi) is 4.73. The highest BCUT2D eigenvalue weighted by atomic mass is 35.5. The summed E-state index contributed by atoms with van der Waals surface area (Å²) in [4.78, 5) is 11.1. The van der Waals surface area contributed by atoms with E-state index in [1.807, 2.05) is 0 Å². The molecule has 0 aliphatic carbocycles. The third-order valence-corrected chi connectivity index (χ3v) is 5.02. The molecule has 0 atom stereocenters. The molecule has 0 unspecified atom stereocenters. The summed E-state index contributed by atoms with van der Waals surface area (Å²) >= 11 is 5.85. The highest BCUT2D eigenvalue weighted by molar-refractivity contribution is 7.92. The maximum Gasteiger partial charge on any atom is 0.264 e. The van der Waals surface area contributed by atoms with Gasteiger partial charge in [-0.15, -0.1) is 0 Å². The van der Waals surface area contributed by atoms with Crippen LogP contribution in [0.5, 0.6) is 0 Å². The van der Waals surface area contributed by atoms with E-state index in [2.05, 4.69) is 5.32 Å². The van der Waals surface area contributed by atoms with Crippen molar-refractivity contribution in [3.05, 3.63) is 53.6 Å². The lowest BCUT2D eigenvalue weighted by molar-refractivity contribution is -0.114. The minimum absolute atomic E-state index is 0.119. The summed E-state index contributed by atoms with van der Waals surface area (Å²) in [6.45, 7) is 1.41. The van der Waals surface area contributed by atoms with Gasteiger partial charge in [0, 0.05) is 24.7 Å². The molecule has 7 heteroatoms. The van der Waals surface area contributed by atoms with Crippen molar-refractivity contribution in [3.8, 4) is 0 Å². The molecule has 0 bridgehead atoms. The van der Waals surface area contributed by atoms with Gasteiger partial charge in [-0.05, 0) is 42.5 Å². The van der Waals surface area contributed by atoms with Gasteiger partial charge in [0.2, 0.25) is 5.91 Å². The molecule has 0 aliphatic rings. The normalized spacial score (nSPS) is 11.0. The zero-order chi connectivity index (χ0) is 16.3. The van der Waals surface area contributed by atoms with Crippen LogP contribution in [0.25, 0.3) is 0 Å². The number of amides is 1. The van der Waals surface area contributed by atoms with Gasteiger partial charge < -0.3 is 5.32 Å². The van der Waals surface area contributed by atoms with Gasteiger partial charge in [-0.1, -0.05) is 17.7 Å². The number of carbonyl (C=O) groups is 1. The van der Waals surface area contributed by atoms with E-state index in [0.717, 1.165) is 4.31 Å². The Balaban J connectivity index is 2.30. The first-order chi connectivity index (χ1) is 10.3. The van der Waals surface area contributed by atoms with Gasteiger partial charge in [0.25, 0.3) is 10.0 Å². The largest absolute Gasteiger partial charge is 0.326 e. The van der Waals surface area contributed by atoms with E-state index >= 15 is 0 Å². The van der Waals surface area contributed by atoms with Crippen molar-refractivity contribution in [2.24, 2.45) is 0 Å². The van der Waals surface area contributed by atoms with E-state index in [0.29, 0.717) is 16.4 Å². The van der Waals surface area contributed by atoms with Crippen molar-refractivity contribution in [2.75, 3.05) is 16.7 Å². The van der Waals surface area contributed by atoms with E-state index in [4.69, 9.17) is 11.6 Å². The van der Waals surface area contributed by atoms with Gasteiger partial charge in [0.1, 0.15) is 0 Å². The number of benzene rings is 2. The molecule has 0 heterocycles. The van der Waals surface area contributed by atoms with Crippen molar-refractivity contribution in [2.45, 2.75) is 11.8 Å². The van der Waals surface area contributed by atoms with Crippen molar-refractivity contribution >= 4 is 38.9 Å². The van der Waals surface area contributed by atoms with Crippen molar-refractivity contribution in [1.82, 2.24) is 0 Å². The van der Waals surface area contributed by atoms with Crippen LogP contribution in [0.1, 0.15) is 6.92 Å². The van der Waals surface area contributed by atoms with Gasteiger partial charge in [-0.2, -0.15) is 0 Å². The summed E-state index contributed by atoms with van der Waals surface area (Å²) < 4.78 is 26.3. The second-order valence-corrected chi connectivity index (χ2v) is 7.06. The van der Waals surface area contributed by atoms with Crippen molar-refractivity contribution < 1.29 is 13.2 Å². The van der Waals surface area contributed by atoms with E-state index in [9.17, 15) is 13.2 Å². The number of nitrogens with one attached hydrogen (secondary N) is 1. The second kappa shape index (κ2) is 6.37. The minimum atomic E-state index is -3.69. The Morgan fingerprint density at radius 2 is 1.77 bits per heavy atom. The number of anilines is 2. The summed E-state index contributed by atoms with van der Waals surface area (Å²) in [7, 11) is -2.23. The molecule has 116 valence electrons. The molecule has 0 fully saturated rings. The molecule has 2 aromatic rings. The van der Waals surface area contributed by atoms with Crippen molar-refractivity contribution in [3.63, 3.8) is 0 Å². The topological polar surface area (TPSA) is 66.5 Å². The molecule has 0 aromatic heterocycles. The lowest BCUT2D eigenvalue weighted by Gasteiger charge is -2.20. The average Bonchev–Trinajstić information content (AvgIpc) is 2.46. The molecule has 1 N–H and O–H groups in total. The molecule has 2 aromatic carbocycles. The van der Waals surface area contributed by atoms with Gasteiger partial charge in [0.15, 0.2) is 0 Å². The molecule has 1 amide bonds. The number of hydrogen-bond acceptors (Lipinski definition) is 3. The third kappa shape index (κ3) is 3.58. The van der Waals surface area contributed by atoms with E-state index < -0.39 is 10.0 Å². The van der Waals surface area contributed by atoms with Crippen molar-refractivity contribution in [1.29, 1.82) is 0 Å². The number of hydrogen-bond donors (Lipinski definition) is 1. The zero-order valence-electron chi connectivity index (χ0n) is 12.1. The fourth-order valence-electron chi connectivity index (χ4n) is 1.88. The number of carbonyl (C=O) groups excluding carboxylic acids is 1. The van der Waals surface area contributed by atoms with Crippen LogP contribution in [0.4, 0.5) is 11.4 Å². The average molecular weight is 339 g/mol. The highest BCUT2D eigenvalue weighted by Crippen LogP contribution is 2.25. The zero-order valence-corrected chi connectivity index (χ0v) is 13.6. The Morgan fingerprint density at radius 3 is 2.32 bits per heavy atom. The first kappa shape index (κ1) is 16.3. The minimum Gasteiger partial charge on any atom is -0.326 e. The Morgan fingerprint density at radius 1 is 1.14 bits per heavy atom. The van der Waals surface area contributed by atoms with Gasteiger partial charge in [-0.3, -0.25) is 9.10 Å². The molecule has 0 spiro atoms. The van der Waals surface area contributed by atoms with Gasteiger partial charge in [0.05, 0.1) is 10.6 Å². The van der Waals surface area contributed by atoms with E-state index in [1.165, 1.54) is 26.1 Å². The fraction of sp³-hybridized carbons (Fsp3) is 0.133. The molecule has 0 aliphatic heterocycles. The second-order valence-electron chi connectivity index (χ2n) is 4.66. The van der Waals surface area contributed by atoms with Crippen LogP contribution >= 0.6 is 11.6 Å². The van der Waals surface area contributed by atoms with E-state index in [-0.39, 0.29) is 10.8 Å². The van der Waals surface area contributed by atoms with Gasteiger partial charge >= 0.3 is 0 Å². The summed E-state index contributed by atoms with van der Waals surface area (Å²) in [6, 6.07) is 12.6. The highest BCUT2D eigenvalue weighted by Gasteiger charge is 2.21. The summed E-state index contributed by atoms with van der Waals surface area (Å²) in [5.74, 6) is -0.187. The number of nitrogens with zero attached hydrogens (tertiary/aromatic N) is 1. The lowest BCUT2D eigenvalue weighted by atomic mass is 10.3.